The summed E-state index contributed by atoms with van der Waals surface area (Å²) in [5.74, 6) is 0.744. The molecule has 3 unspecified atom stereocenters. The Morgan fingerprint density at radius 2 is 2.50 bits per heavy atom. The topological polar surface area (TPSA) is 29.1 Å². The molecule has 3 atom stereocenters. The van der Waals surface area contributed by atoms with Crippen LogP contribution in [0.4, 0.5) is 0 Å². The summed E-state index contributed by atoms with van der Waals surface area (Å²) in [5.41, 5.74) is 0. The predicted molar refractivity (Wildman–Crippen MR) is 65.2 cm³/mol. The monoisotopic (exact) mass is 293 g/mol. The summed E-state index contributed by atoms with van der Waals surface area (Å²) in [5, 5.41) is 5.78. The Balaban J connectivity index is 2.10. The van der Waals surface area contributed by atoms with Gasteiger partial charge in [-0.15, -0.1) is 11.3 Å². The maximum Gasteiger partial charge on any atom is 0.0532 e. The fourth-order valence-electron chi connectivity index (χ4n) is 1.48. The van der Waals surface area contributed by atoms with Crippen LogP contribution in [0, 0.1) is 0 Å². The van der Waals surface area contributed by atoms with Crippen molar-refractivity contribution in [3.8, 4) is 0 Å². The molecule has 14 heavy (non-hydrogen) atoms. The van der Waals surface area contributed by atoms with E-state index in [1.54, 1.807) is 11.3 Å². The van der Waals surface area contributed by atoms with Gasteiger partial charge in [0, 0.05) is 43.1 Å². The van der Waals surface area contributed by atoms with Crippen molar-refractivity contribution in [3.05, 3.63) is 20.8 Å². The lowest BCUT2D eigenvalue weighted by atomic mass is 10.2. The van der Waals surface area contributed by atoms with Crippen molar-refractivity contribution in [1.82, 2.24) is 5.32 Å². The molecule has 2 heterocycles. The van der Waals surface area contributed by atoms with Crippen LogP contribution >= 0.6 is 27.3 Å². The normalized spacial score (nSPS) is 33.1. The number of rotatable bonds is 1. The molecule has 1 N–H and O–H groups in total. The quantitative estimate of drug-likeness (QED) is 0.861. The van der Waals surface area contributed by atoms with E-state index in [-0.39, 0.29) is 11.3 Å². The fourth-order valence-corrected chi connectivity index (χ4v) is 4.35. The lowest BCUT2D eigenvalue weighted by Crippen LogP contribution is -2.41. The SMILES string of the molecule is CC1CNC(c2cc(Br)cs2)CS1=O. The minimum atomic E-state index is -0.677. The molecule has 1 aliphatic heterocycles. The lowest BCUT2D eigenvalue weighted by Gasteiger charge is -2.26. The van der Waals surface area contributed by atoms with Crippen molar-refractivity contribution in [1.29, 1.82) is 0 Å². The minimum Gasteiger partial charge on any atom is -0.307 e. The maximum absolute atomic E-state index is 11.6. The second-order valence-corrected chi connectivity index (χ2v) is 7.24. The first-order valence-corrected chi connectivity index (χ1v) is 7.57. The van der Waals surface area contributed by atoms with Gasteiger partial charge in [0.15, 0.2) is 0 Å². The van der Waals surface area contributed by atoms with Crippen LogP contribution in [-0.4, -0.2) is 21.8 Å². The van der Waals surface area contributed by atoms with Crippen molar-refractivity contribution >= 4 is 38.1 Å². The van der Waals surface area contributed by atoms with Crippen LogP contribution in [0.25, 0.3) is 0 Å². The smallest absolute Gasteiger partial charge is 0.0532 e. The molecule has 1 aliphatic rings. The van der Waals surface area contributed by atoms with Crippen LogP contribution in [-0.2, 0) is 10.8 Å². The molecule has 0 aromatic carbocycles. The van der Waals surface area contributed by atoms with Crippen LogP contribution in [0.2, 0.25) is 0 Å². The van der Waals surface area contributed by atoms with Crippen LogP contribution in [0.3, 0.4) is 0 Å². The zero-order valence-corrected chi connectivity index (χ0v) is 11.0. The molecule has 0 radical (unpaired) electrons. The Kier molecular flexibility index (Phi) is 3.42. The summed E-state index contributed by atoms with van der Waals surface area (Å²) in [6.45, 7) is 2.89. The zero-order chi connectivity index (χ0) is 10.1. The second kappa shape index (κ2) is 4.43. The summed E-state index contributed by atoms with van der Waals surface area (Å²) in [6, 6.07) is 2.39. The number of nitrogens with one attached hydrogen (secondary N) is 1. The predicted octanol–water partition coefficient (Wildman–Crippen LogP) is 2.29. The first kappa shape index (κ1) is 10.8. The molecule has 0 aliphatic carbocycles. The first-order valence-electron chi connectivity index (χ1n) is 4.51. The number of hydrogen-bond acceptors (Lipinski definition) is 3. The summed E-state index contributed by atoms with van der Waals surface area (Å²) in [6.07, 6.45) is 0. The van der Waals surface area contributed by atoms with Gasteiger partial charge in [0.25, 0.3) is 0 Å². The van der Waals surface area contributed by atoms with Gasteiger partial charge in [-0.3, -0.25) is 4.21 Å². The molecular formula is C9H12BrNOS2. The Bertz CT molecular complexity index is 352. The lowest BCUT2D eigenvalue weighted by molar-refractivity contribution is 0.546. The summed E-state index contributed by atoms with van der Waals surface area (Å²) >= 11 is 5.15. The van der Waals surface area contributed by atoms with Crippen molar-refractivity contribution in [2.45, 2.75) is 18.2 Å². The van der Waals surface area contributed by atoms with Gasteiger partial charge in [-0.25, -0.2) is 0 Å². The number of halogens is 1. The molecule has 1 fully saturated rings. The van der Waals surface area contributed by atoms with E-state index in [9.17, 15) is 4.21 Å². The average Bonchev–Trinajstić information content (AvgIpc) is 2.57. The maximum atomic E-state index is 11.6. The van der Waals surface area contributed by atoms with Gasteiger partial charge in [-0.05, 0) is 28.9 Å². The van der Waals surface area contributed by atoms with Gasteiger partial charge in [-0.2, -0.15) is 0 Å². The molecule has 1 saturated heterocycles. The Morgan fingerprint density at radius 1 is 1.71 bits per heavy atom. The van der Waals surface area contributed by atoms with Gasteiger partial charge in [0.1, 0.15) is 0 Å². The van der Waals surface area contributed by atoms with E-state index in [0.717, 1.165) is 16.8 Å². The highest BCUT2D eigenvalue weighted by Gasteiger charge is 2.25. The van der Waals surface area contributed by atoms with Gasteiger partial charge in [-0.1, -0.05) is 0 Å². The molecule has 1 aromatic heterocycles. The van der Waals surface area contributed by atoms with E-state index in [1.165, 1.54) is 4.88 Å². The van der Waals surface area contributed by atoms with Crippen molar-refractivity contribution in [2.24, 2.45) is 0 Å². The Hall–Kier alpha value is 0.290. The van der Waals surface area contributed by atoms with Crippen LogP contribution < -0.4 is 5.32 Å². The number of thiophene rings is 1. The van der Waals surface area contributed by atoms with Gasteiger partial charge >= 0.3 is 0 Å². The summed E-state index contributed by atoms with van der Waals surface area (Å²) in [4.78, 5) is 1.28. The number of hydrogen-bond donors (Lipinski definition) is 1. The van der Waals surface area contributed by atoms with Crippen LogP contribution in [0.5, 0.6) is 0 Å². The Labute approximate surface area is 98.7 Å². The molecule has 2 nitrogen and oxygen atoms in total. The standard InChI is InChI=1S/C9H12BrNOS2/c1-6-3-11-8(5-14(6)12)9-2-7(10)4-13-9/h2,4,6,8,11H,3,5H2,1H3. The average molecular weight is 294 g/mol. The highest BCUT2D eigenvalue weighted by Crippen LogP contribution is 2.28. The van der Waals surface area contributed by atoms with E-state index < -0.39 is 10.8 Å². The van der Waals surface area contributed by atoms with Crippen molar-refractivity contribution in [2.75, 3.05) is 12.3 Å². The van der Waals surface area contributed by atoms with E-state index in [1.807, 2.05) is 6.92 Å². The molecule has 5 heteroatoms. The first-order chi connectivity index (χ1) is 6.66. The summed E-state index contributed by atoms with van der Waals surface area (Å²) < 4.78 is 12.8. The molecule has 0 spiro atoms. The third-order valence-corrected chi connectivity index (χ3v) is 5.90. The Morgan fingerprint density at radius 3 is 3.07 bits per heavy atom. The van der Waals surface area contributed by atoms with Crippen LogP contribution in [0.15, 0.2) is 15.9 Å². The zero-order valence-electron chi connectivity index (χ0n) is 7.83. The van der Waals surface area contributed by atoms with E-state index in [0.29, 0.717) is 0 Å². The van der Waals surface area contributed by atoms with Crippen molar-refractivity contribution in [3.63, 3.8) is 0 Å². The van der Waals surface area contributed by atoms with Crippen molar-refractivity contribution < 1.29 is 4.21 Å². The fraction of sp³-hybridized carbons (Fsp3) is 0.556. The molecule has 0 bridgehead atoms. The third kappa shape index (κ3) is 2.27. The summed E-state index contributed by atoms with van der Waals surface area (Å²) in [7, 11) is -0.677. The molecule has 2 rings (SSSR count). The van der Waals surface area contributed by atoms with E-state index in [4.69, 9.17) is 0 Å². The highest BCUT2D eigenvalue weighted by molar-refractivity contribution is 9.10. The third-order valence-electron chi connectivity index (χ3n) is 2.36. The highest BCUT2D eigenvalue weighted by atomic mass is 79.9. The molecule has 78 valence electrons. The molecule has 1 aromatic rings. The van der Waals surface area contributed by atoms with E-state index >= 15 is 0 Å². The minimum absolute atomic E-state index is 0.281. The molecule has 0 amide bonds. The second-order valence-electron chi connectivity index (χ2n) is 3.49. The molecule has 0 saturated carbocycles. The molecular weight excluding hydrogens is 282 g/mol. The van der Waals surface area contributed by atoms with Gasteiger partial charge in [0.2, 0.25) is 0 Å². The van der Waals surface area contributed by atoms with E-state index in [2.05, 4.69) is 32.7 Å². The van der Waals surface area contributed by atoms with Gasteiger partial charge in [0.05, 0.1) is 6.04 Å². The largest absolute Gasteiger partial charge is 0.307 e. The van der Waals surface area contributed by atoms with Crippen LogP contribution in [0.1, 0.15) is 17.8 Å². The van der Waals surface area contributed by atoms with Gasteiger partial charge < -0.3 is 5.32 Å².